The maximum atomic E-state index is 9.37. The van der Waals surface area contributed by atoms with Gasteiger partial charge in [0, 0.05) is 12.8 Å². The molecule has 7 nitrogen and oxygen atoms in total. The Labute approximate surface area is 101 Å². The van der Waals surface area contributed by atoms with Gasteiger partial charge in [-0.15, -0.1) is 0 Å². The molecule has 0 rings (SSSR count). The van der Waals surface area contributed by atoms with Crippen LogP contribution in [0, 0.1) is 0 Å². The van der Waals surface area contributed by atoms with Crippen LogP contribution in [-0.2, 0) is 14.3 Å². The highest BCUT2D eigenvalue weighted by Gasteiger charge is 1.81. The van der Waals surface area contributed by atoms with Crippen LogP contribution in [-0.4, -0.2) is 58.8 Å². The van der Waals surface area contributed by atoms with Crippen molar-refractivity contribution in [3.8, 4) is 0 Å². The zero-order chi connectivity index (χ0) is 14.1. The summed E-state index contributed by atoms with van der Waals surface area (Å²) in [5.41, 5.74) is 0. The summed E-state index contributed by atoms with van der Waals surface area (Å²) >= 11 is 0. The minimum absolute atomic E-state index is 0.0278. The predicted octanol–water partition coefficient (Wildman–Crippen LogP) is -0.0504. The lowest BCUT2D eigenvalue weighted by Crippen LogP contribution is -2.03. The van der Waals surface area contributed by atoms with E-state index in [0.29, 0.717) is 13.2 Å². The number of aliphatic hydroxyl groups excluding tert-OH is 2. The third-order valence-electron chi connectivity index (χ3n) is 1.08. The second kappa shape index (κ2) is 20.3. The van der Waals surface area contributed by atoms with Crippen molar-refractivity contribution in [3.63, 3.8) is 0 Å². The molecule has 0 unspecified atom stereocenters. The highest BCUT2D eigenvalue weighted by atomic mass is 16.5. The summed E-state index contributed by atoms with van der Waals surface area (Å²) in [6.07, 6.45) is 0.444. The van der Waals surface area contributed by atoms with E-state index in [2.05, 4.69) is 4.74 Å². The van der Waals surface area contributed by atoms with Crippen LogP contribution >= 0.6 is 0 Å². The minimum atomic E-state index is -0.745. The molecule has 0 amide bonds. The van der Waals surface area contributed by atoms with Gasteiger partial charge in [0.05, 0.1) is 26.4 Å². The number of carboxylic acids is 2. The number of carbonyl (C=O) groups is 2. The highest BCUT2D eigenvalue weighted by Crippen LogP contribution is 1.68. The second-order valence-electron chi connectivity index (χ2n) is 2.55. The van der Waals surface area contributed by atoms with Gasteiger partial charge in [-0.05, 0) is 0 Å². The number of hydrogen-bond donors (Lipinski definition) is 4. The van der Waals surface area contributed by atoms with E-state index < -0.39 is 11.9 Å². The topological polar surface area (TPSA) is 124 Å². The van der Waals surface area contributed by atoms with Gasteiger partial charge in [0.15, 0.2) is 0 Å². The number of aliphatic carboxylic acids is 2. The molecule has 0 aliphatic rings. The standard InChI is InChI=1S/C4H10O3.2C3H6O2/c5-1-3-7-4-2-6;2*1-2-3(4)5/h5-6H,1-4H2;2*2H2,1H3,(H,4,5). The van der Waals surface area contributed by atoms with E-state index in [1.807, 2.05) is 0 Å². The van der Waals surface area contributed by atoms with Gasteiger partial charge in [-0.2, -0.15) is 0 Å². The number of rotatable bonds is 6. The smallest absolute Gasteiger partial charge is 0.303 e. The quantitative estimate of drug-likeness (QED) is 0.490. The van der Waals surface area contributed by atoms with Gasteiger partial charge in [-0.25, -0.2) is 0 Å². The summed E-state index contributed by atoms with van der Waals surface area (Å²) < 4.78 is 4.63. The molecule has 0 saturated heterocycles. The molecule has 0 atom stereocenters. The summed E-state index contributed by atoms with van der Waals surface area (Å²) in [4.78, 5) is 18.7. The molecule has 104 valence electrons. The molecule has 0 aromatic rings. The first-order chi connectivity index (χ1) is 7.95. The van der Waals surface area contributed by atoms with Gasteiger partial charge < -0.3 is 25.2 Å². The molecule has 0 aliphatic carbocycles. The van der Waals surface area contributed by atoms with Crippen molar-refractivity contribution in [1.82, 2.24) is 0 Å². The third-order valence-corrected chi connectivity index (χ3v) is 1.08. The normalized spacial score (nSPS) is 8.24. The van der Waals surface area contributed by atoms with Crippen molar-refractivity contribution in [2.45, 2.75) is 26.7 Å². The van der Waals surface area contributed by atoms with Crippen LogP contribution < -0.4 is 0 Å². The number of carboxylic acid groups (broad SMARTS) is 2. The van der Waals surface area contributed by atoms with E-state index in [0.717, 1.165) is 0 Å². The zero-order valence-corrected chi connectivity index (χ0v) is 10.3. The number of ether oxygens (including phenoxy) is 1. The van der Waals surface area contributed by atoms with Gasteiger partial charge in [-0.3, -0.25) is 9.59 Å². The lowest BCUT2D eigenvalue weighted by molar-refractivity contribution is -0.137. The molecule has 0 saturated carbocycles. The molecule has 7 heteroatoms. The fourth-order valence-electron chi connectivity index (χ4n) is 0.231. The van der Waals surface area contributed by atoms with E-state index in [9.17, 15) is 9.59 Å². The molecule has 0 fully saturated rings. The summed E-state index contributed by atoms with van der Waals surface area (Å²) in [6, 6.07) is 0. The van der Waals surface area contributed by atoms with Crippen molar-refractivity contribution < 1.29 is 34.8 Å². The molecule has 0 radical (unpaired) electrons. The van der Waals surface area contributed by atoms with E-state index >= 15 is 0 Å². The first-order valence-electron chi connectivity index (χ1n) is 5.19. The Balaban J connectivity index is -0.000000177. The molecule has 0 heterocycles. The van der Waals surface area contributed by atoms with Crippen molar-refractivity contribution in [2.75, 3.05) is 26.4 Å². The molecule has 4 N–H and O–H groups in total. The maximum absolute atomic E-state index is 9.37. The average molecular weight is 254 g/mol. The van der Waals surface area contributed by atoms with Crippen LogP contribution in [0.5, 0.6) is 0 Å². The highest BCUT2D eigenvalue weighted by molar-refractivity contribution is 5.66. The predicted molar refractivity (Wildman–Crippen MR) is 60.8 cm³/mol. The number of hydrogen-bond acceptors (Lipinski definition) is 5. The summed E-state index contributed by atoms with van der Waals surface area (Å²) in [7, 11) is 0. The van der Waals surface area contributed by atoms with Gasteiger partial charge >= 0.3 is 11.9 Å². The monoisotopic (exact) mass is 254 g/mol. The first kappa shape index (κ1) is 21.1. The Hall–Kier alpha value is -1.18. The largest absolute Gasteiger partial charge is 0.481 e. The van der Waals surface area contributed by atoms with E-state index in [1.165, 1.54) is 0 Å². The number of aliphatic hydroxyl groups is 2. The second-order valence-corrected chi connectivity index (χ2v) is 2.55. The summed E-state index contributed by atoms with van der Waals surface area (Å²) in [5.74, 6) is -1.49. The lowest BCUT2D eigenvalue weighted by Gasteiger charge is -1.94. The molecule has 0 aromatic carbocycles. The molecule has 0 aromatic heterocycles. The molecule has 17 heavy (non-hydrogen) atoms. The average Bonchev–Trinajstić information content (AvgIpc) is 2.31. The summed E-state index contributed by atoms with van der Waals surface area (Å²) in [6.45, 7) is 3.89. The Kier molecular flexibility index (Phi) is 25.2. The van der Waals surface area contributed by atoms with Crippen LogP contribution in [0.1, 0.15) is 26.7 Å². The van der Waals surface area contributed by atoms with Crippen LogP contribution in [0.4, 0.5) is 0 Å². The SMILES string of the molecule is CCC(=O)O.CCC(=O)O.OCCOCCO. The van der Waals surface area contributed by atoms with Crippen LogP contribution in [0.15, 0.2) is 0 Å². The maximum Gasteiger partial charge on any atom is 0.303 e. The van der Waals surface area contributed by atoms with E-state index in [4.69, 9.17) is 20.4 Å². The Bertz CT molecular complexity index is 152. The van der Waals surface area contributed by atoms with Crippen LogP contribution in [0.2, 0.25) is 0 Å². The fourth-order valence-corrected chi connectivity index (χ4v) is 0.231. The van der Waals surface area contributed by atoms with Crippen LogP contribution in [0.25, 0.3) is 0 Å². The van der Waals surface area contributed by atoms with Crippen molar-refractivity contribution in [3.05, 3.63) is 0 Å². The Morgan fingerprint density at radius 1 is 0.882 bits per heavy atom. The van der Waals surface area contributed by atoms with E-state index in [1.54, 1.807) is 13.8 Å². The molecular weight excluding hydrogens is 232 g/mol. The fraction of sp³-hybridized carbons (Fsp3) is 0.800. The van der Waals surface area contributed by atoms with Crippen LogP contribution in [0.3, 0.4) is 0 Å². The Morgan fingerprint density at radius 2 is 1.12 bits per heavy atom. The lowest BCUT2D eigenvalue weighted by atomic mass is 10.5. The molecule has 0 spiro atoms. The van der Waals surface area contributed by atoms with Crippen molar-refractivity contribution in [2.24, 2.45) is 0 Å². The Morgan fingerprint density at radius 3 is 1.24 bits per heavy atom. The molecular formula is C10H22O7. The zero-order valence-electron chi connectivity index (χ0n) is 10.3. The van der Waals surface area contributed by atoms with Gasteiger partial charge in [0.2, 0.25) is 0 Å². The van der Waals surface area contributed by atoms with Crippen molar-refractivity contribution in [1.29, 1.82) is 0 Å². The van der Waals surface area contributed by atoms with Gasteiger partial charge in [0.25, 0.3) is 0 Å². The first-order valence-corrected chi connectivity index (χ1v) is 5.19. The van der Waals surface area contributed by atoms with Gasteiger partial charge in [-0.1, -0.05) is 13.8 Å². The summed E-state index contributed by atoms with van der Waals surface area (Å²) in [5, 5.41) is 31.6. The van der Waals surface area contributed by atoms with Gasteiger partial charge in [0.1, 0.15) is 0 Å². The minimum Gasteiger partial charge on any atom is -0.481 e. The van der Waals surface area contributed by atoms with Crippen molar-refractivity contribution >= 4 is 11.9 Å². The molecule has 0 aliphatic heterocycles. The molecule has 0 bridgehead atoms. The third kappa shape index (κ3) is 52.4. The van der Waals surface area contributed by atoms with E-state index in [-0.39, 0.29) is 26.1 Å².